The maximum absolute atomic E-state index is 13.1. The summed E-state index contributed by atoms with van der Waals surface area (Å²) in [5.74, 6) is 0. The van der Waals surface area contributed by atoms with Gasteiger partial charge >= 0.3 is 13.3 Å². The molecule has 7 heteroatoms. The summed E-state index contributed by atoms with van der Waals surface area (Å²) in [6, 6.07) is 4.12. The molecule has 1 N–H and O–H groups in total. The molecule has 0 aromatic heterocycles. The Balaban J connectivity index is 2.45. The molecular weight excluding hydrogens is 308 g/mol. The molecule has 1 aromatic rings. The van der Waals surface area contributed by atoms with Crippen LogP contribution in [0, 0.1) is 6.92 Å². The lowest BCUT2D eigenvalue weighted by Gasteiger charge is -2.32. The molecule has 3 nitrogen and oxygen atoms in total. The first kappa shape index (κ1) is 18.3. The predicted molar refractivity (Wildman–Crippen MR) is 82.5 cm³/mol. The highest BCUT2D eigenvalue weighted by atomic mass is 19.4. The first-order valence-corrected chi connectivity index (χ1v) is 7.45. The van der Waals surface area contributed by atoms with Gasteiger partial charge in [0.25, 0.3) is 0 Å². The van der Waals surface area contributed by atoms with Crippen molar-refractivity contribution in [3.8, 4) is 0 Å². The zero-order chi connectivity index (χ0) is 17.8. The molecule has 1 heterocycles. The summed E-state index contributed by atoms with van der Waals surface area (Å²) in [4.78, 5) is 0. The lowest BCUT2D eigenvalue weighted by Crippen LogP contribution is -2.42. The predicted octanol–water partition coefficient (Wildman–Crippen LogP) is 3.06. The topological polar surface area (TPSA) is 38.7 Å². The van der Waals surface area contributed by atoms with E-state index >= 15 is 0 Å². The van der Waals surface area contributed by atoms with Gasteiger partial charge in [-0.3, -0.25) is 0 Å². The van der Waals surface area contributed by atoms with E-state index < -0.39 is 30.1 Å². The monoisotopic (exact) mass is 330 g/mol. The van der Waals surface area contributed by atoms with Crippen molar-refractivity contribution in [1.82, 2.24) is 0 Å². The molecule has 1 aliphatic rings. The number of aryl methyl sites for hydroxylation is 1. The van der Waals surface area contributed by atoms with Crippen molar-refractivity contribution in [3.63, 3.8) is 0 Å². The van der Waals surface area contributed by atoms with Crippen molar-refractivity contribution in [3.05, 3.63) is 29.3 Å². The van der Waals surface area contributed by atoms with E-state index in [-0.39, 0.29) is 5.56 Å². The molecule has 1 atom stereocenters. The van der Waals surface area contributed by atoms with Gasteiger partial charge in [-0.25, -0.2) is 0 Å². The molecule has 1 aliphatic heterocycles. The van der Waals surface area contributed by atoms with Gasteiger partial charge in [0.05, 0.1) is 11.2 Å². The maximum atomic E-state index is 13.1. The number of benzene rings is 1. The van der Waals surface area contributed by atoms with Crippen molar-refractivity contribution >= 4 is 12.6 Å². The zero-order valence-corrected chi connectivity index (χ0v) is 14.2. The molecule has 0 bridgehead atoms. The third-order valence-corrected chi connectivity index (χ3v) is 4.90. The van der Waals surface area contributed by atoms with E-state index in [0.717, 1.165) is 12.5 Å². The average molecular weight is 330 g/mol. The van der Waals surface area contributed by atoms with Crippen LogP contribution < -0.4 is 5.46 Å². The molecule has 0 saturated carbocycles. The van der Waals surface area contributed by atoms with Crippen LogP contribution in [-0.4, -0.2) is 29.6 Å². The van der Waals surface area contributed by atoms with Crippen molar-refractivity contribution < 1.29 is 27.6 Å². The van der Waals surface area contributed by atoms with Crippen LogP contribution in [0.4, 0.5) is 13.2 Å². The molecule has 1 aromatic carbocycles. The van der Waals surface area contributed by atoms with Gasteiger partial charge in [0.15, 0.2) is 5.60 Å². The maximum Gasteiger partial charge on any atom is 0.495 e. The Morgan fingerprint density at radius 1 is 1.04 bits per heavy atom. The van der Waals surface area contributed by atoms with Gasteiger partial charge in [-0.1, -0.05) is 23.8 Å². The van der Waals surface area contributed by atoms with Crippen LogP contribution in [0.5, 0.6) is 0 Å². The largest absolute Gasteiger partial charge is 0.495 e. The summed E-state index contributed by atoms with van der Waals surface area (Å²) in [6.07, 6.45) is -4.77. The lowest BCUT2D eigenvalue weighted by molar-refractivity contribution is -0.258. The van der Waals surface area contributed by atoms with Crippen molar-refractivity contribution in [1.29, 1.82) is 0 Å². The van der Waals surface area contributed by atoms with Crippen LogP contribution >= 0.6 is 0 Å². The van der Waals surface area contributed by atoms with Gasteiger partial charge in [0.2, 0.25) is 0 Å². The van der Waals surface area contributed by atoms with Crippen molar-refractivity contribution in [2.75, 3.05) is 0 Å². The Hall–Kier alpha value is -1.05. The van der Waals surface area contributed by atoms with E-state index in [4.69, 9.17) is 9.31 Å². The van der Waals surface area contributed by atoms with Gasteiger partial charge in [-0.05, 0) is 52.6 Å². The second-order valence-corrected chi connectivity index (χ2v) is 7.23. The minimum atomic E-state index is -4.77. The Kier molecular flexibility index (Phi) is 4.16. The highest BCUT2D eigenvalue weighted by molar-refractivity contribution is 6.62. The first-order chi connectivity index (χ1) is 10.2. The summed E-state index contributed by atoms with van der Waals surface area (Å²) in [5, 5.41) is 9.88. The van der Waals surface area contributed by atoms with Gasteiger partial charge in [-0.2, -0.15) is 13.2 Å². The number of halogens is 3. The summed E-state index contributed by atoms with van der Waals surface area (Å²) < 4.78 is 51.0. The number of hydrogen-bond donors (Lipinski definition) is 1. The van der Waals surface area contributed by atoms with E-state index in [0.29, 0.717) is 5.46 Å². The quantitative estimate of drug-likeness (QED) is 0.847. The van der Waals surface area contributed by atoms with E-state index in [1.165, 1.54) is 18.2 Å². The van der Waals surface area contributed by atoms with Gasteiger partial charge in [0, 0.05) is 0 Å². The SMILES string of the molecule is Cc1ccc(C(C)(O)C(F)(F)F)cc1B1OC(C)(C)C(C)(C)O1. The fourth-order valence-corrected chi connectivity index (χ4v) is 2.33. The highest BCUT2D eigenvalue weighted by Gasteiger charge is 2.54. The smallest absolute Gasteiger partial charge is 0.399 e. The summed E-state index contributed by atoms with van der Waals surface area (Å²) in [5.41, 5.74) is -3.12. The van der Waals surface area contributed by atoms with Crippen LogP contribution in [0.1, 0.15) is 45.7 Å². The molecule has 0 amide bonds. The second kappa shape index (κ2) is 5.23. The average Bonchev–Trinajstić information content (AvgIpc) is 2.57. The lowest BCUT2D eigenvalue weighted by atomic mass is 9.74. The van der Waals surface area contributed by atoms with E-state index in [2.05, 4.69) is 0 Å². The fraction of sp³-hybridized carbons (Fsp3) is 0.625. The molecule has 1 fully saturated rings. The minimum absolute atomic E-state index is 0.236. The van der Waals surface area contributed by atoms with Gasteiger partial charge in [-0.15, -0.1) is 0 Å². The van der Waals surface area contributed by atoms with Crippen molar-refractivity contribution in [2.24, 2.45) is 0 Å². The Labute approximate surface area is 134 Å². The van der Waals surface area contributed by atoms with Gasteiger partial charge in [0.1, 0.15) is 0 Å². The number of hydrogen-bond acceptors (Lipinski definition) is 3. The Morgan fingerprint density at radius 3 is 1.96 bits per heavy atom. The highest BCUT2D eigenvalue weighted by Crippen LogP contribution is 2.39. The minimum Gasteiger partial charge on any atom is -0.399 e. The molecule has 2 rings (SSSR count). The van der Waals surface area contributed by atoms with Crippen LogP contribution in [0.2, 0.25) is 0 Å². The van der Waals surface area contributed by atoms with Crippen LogP contribution in [0.15, 0.2) is 18.2 Å². The van der Waals surface area contributed by atoms with E-state index in [9.17, 15) is 18.3 Å². The molecule has 0 spiro atoms. The number of aliphatic hydroxyl groups is 1. The number of alkyl halides is 3. The summed E-state index contributed by atoms with van der Waals surface area (Å²) in [7, 11) is -0.774. The molecule has 23 heavy (non-hydrogen) atoms. The van der Waals surface area contributed by atoms with Gasteiger partial charge < -0.3 is 14.4 Å². The third kappa shape index (κ3) is 3.02. The molecule has 1 unspecified atom stereocenters. The van der Waals surface area contributed by atoms with Crippen LogP contribution in [0.25, 0.3) is 0 Å². The standard InChI is InChI=1S/C16H22BF3O3/c1-10-7-8-11(15(6,21)16(18,19)20)9-12(10)17-22-13(2,3)14(4,5)23-17/h7-9,21H,1-6H3. The molecular formula is C16H22BF3O3. The van der Waals surface area contributed by atoms with Crippen molar-refractivity contribution in [2.45, 2.75) is 64.5 Å². The Morgan fingerprint density at radius 2 is 1.52 bits per heavy atom. The van der Waals surface area contributed by atoms with Crippen LogP contribution in [-0.2, 0) is 14.9 Å². The summed E-state index contributed by atoms with van der Waals surface area (Å²) in [6.45, 7) is 10.0. The Bertz CT molecular complexity index is 593. The number of rotatable bonds is 2. The molecule has 0 aliphatic carbocycles. The van der Waals surface area contributed by atoms with E-state index in [1.807, 2.05) is 27.7 Å². The third-order valence-electron chi connectivity index (χ3n) is 4.90. The molecule has 0 radical (unpaired) electrons. The summed E-state index contributed by atoms with van der Waals surface area (Å²) >= 11 is 0. The second-order valence-electron chi connectivity index (χ2n) is 7.23. The molecule has 1 saturated heterocycles. The molecule has 128 valence electrons. The van der Waals surface area contributed by atoms with E-state index in [1.54, 1.807) is 6.92 Å². The van der Waals surface area contributed by atoms with Crippen LogP contribution in [0.3, 0.4) is 0 Å². The first-order valence-electron chi connectivity index (χ1n) is 7.45. The normalized spacial score (nSPS) is 23.0. The fourth-order valence-electron chi connectivity index (χ4n) is 2.33. The zero-order valence-electron chi connectivity index (χ0n) is 14.2.